The van der Waals surface area contributed by atoms with E-state index in [4.69, 9.17) is 5.73 Å². The third-order valence-electron chi connectivity index (χ3n) is 2.95. The van der Waals surface area contributed by atoms with Crippen LogP contribution in [0.15, 0.2) is 23.2 Å². The van der Waals surface area contributed by atoms with Gasteiger partial charge in [0.15, 0.2) is 11.6 Å². The second kappa shape index (κ2) is 4.60. The summed E-state index contributed by atoms with van der Waals surface area (Å²) in [7, 11) is 0. The van der Waals surface area contributed by atoms with Crippen LogP contribution in [0, 0.1) is 17.6 Å². The van der Waals surface area contributed by atoms with Crippen LogP contribution in [0.5, 0.6) is 0 Å². The van der Waals surface area contributed by atoms with Gasteiger partial charge in [-0.1, -0.05) is 18.9 Å². The van der Waals surface area contributed by atoms with Crippen molar-refractivity contribution in [1.29, 1.82) is 0 Å². The lowest BCUT2D eigenvalue weighted by molar-refractivity contribution is 0.510. The molecule has 2 nitrogen and oxygen atoms in total. The fourth-order valence-electron chi connectivity index (χ4n) is 2.03. The summed E-state index contributed by atoms with van der Waals surface area (Å²) in [6.07, 6.45) is 4.25. The van der Waals surface area contributed by atoms with Crippen molar-refractivity contribution in [3.63, 3.8) is 0 Å². The maximum atomic E-state index is 13.3. The molecule has 0 heterocycles. The summed E-state index contributed by atoms with van der Waals surface area (Å²) < 4.78 is 26.2. The average molecular weight is 224 g/mol. The van der Waals surface area contributed by atoms with E-state index in [2.05, 4.69) is 4.99 Å². The van der Waals surface area contributed by atoms with Crippen molar-refractivity contribution in [3.8, 4) is 0 Å². The van der Waals surface area contributed by atoms with Gasteiger partial charge in [-0.15, -0.1) is 0 Å². The largest absolute Gasteiger partial charge is 0.387 e. The summed E-state index contributed by atoms with van der Waals surface area (Å²) in [5, 5.41) is 0. The monoisotopic (exact) mass is 224 g/mol. The van der Waals surface area contributed by atoms with Gasteiger partial charge in [0.05, 0.1) is 0 Å². The minimum Gasteiger partial charge on any atom is -0.387 e. The number of hydrogen-bond donors (Lipinski definition) is 1. The van der Waals surface area contributed by atoms with Crippen LogP contribution in [0.2, 0.25) is 0 Å². The first-order valence-corrected chi connectivity index (χ1v) is 5.46. The topological polar surface area (TPSA) is 38.4 Å². The zero-order chi connectivity index (χ0) is 11.5. The van der Waals surface area contributed by atoms with Crippen LogP contribution in [0.25, 0.3) is 0 Å². The Kier molecular flexibility index (Phi) is 3.17. The molecule has 0 spiro atoms. The number of aliphatic imine (C=N–C) groups is 1. The van der Waals surface area contributed by atoms with Crippen molar-refractivity contribution >= 4 is 11.5 Å². The zero-order valence-corrected chi connectivity index (χ0v) is 8.92. The van der Waals surface area contributed by atoms with Gasteiger partial charge in [0.1, 0.15) is 11.5 Å². The highest BCUT2D eigenvalue weighted by molar-refractivity contribution is 5.85. The molecule has 0 aromatic heterocycles. The van der Waals surface area contributed by atoms with E-state index in [1.54, 1.807) is 0 Å². The van der Waals surface area contributed by atoms with Crippen LogP contribution in [-0.4, -0.2) is 5.84 Å². The molecule has 1 aliphatic rings. The molecule has 1 aromatic rings. The van der Waals surface area contributed by atoms with Gasteiger partial charge < -0.3 is 5.73 Å². The van der Waals surface area contributed by atoms with E-state index in [1.165, 1.54) is 12.1 Å². The van der Waals surface area contributed by atoms with Gasteiger partial charge in [0.25, 0.3) is 0 Å². The maximum Gasteiger partial charge on any atom is 0.184 e. The SMILES string of the molecule is NC(=Nc1cccc(F)c1F)C1CCCC1. The second-order valence-corrected chi connectivity index (χ2v) is 4.09. The zero-order valence-electron chi connectivity index (χ0n) is 8.92. The van der Waals surface area contributed by atoms with Crippen LogP contribution < -0.4 is 5.73 Å². The fraction of sp³-hybridized carbons (Fsp3) is 0.417. The van der Waals surface area contributed by atoms with E-state index in [0.717, 1.165) is 31.7 Å². The first-order valence-electron chi connectivity index (χ1n) is 5.46. The third-order valence-corrected chi connectivity index (χ3v) is 2.95. The number of amidine groups is 1. The van der Waals surface area contributed by atoms with Crippen molar-refractivity contribution in [2.24, 2.45) is 16.6 Å². The molecule has 0 unspecified atom stereocenters. The summed E-state index contributed by atoms with van der Waals surface area (Å²) in [4.78, 5) is 3.98. The molecule has 4 heteroatoms. The number of rotatable bonds is 2. The molecular weight excluding hydrogens is 210 g/mol. The van der Waals surface area contributed by atoms with Crippen molar-refractivity contribution in [2.45, 2.75) is 25.7 Å². The second-order valence-electron chi connectivity index (χ2n) is 4.09. The smallest absolute Gasteiger partial charge is 0.184 e. The summed E-state index contributed by atoms with van der Waals surface area (Å²) in [5.41, 5.74) is 5.78. The van der Waals surface area contributed by atoms with Crippen LogP contribution >= 0.6 is 0 Å². The molecule has 16 heavy (non-hydrogen) atoms. The molecule has 2 N–H and O–H groups in total. The Labute approximate surface area is 93.2 Å². The normalized spacial score (nSPS) is 18.0. The fourth-order valence-corrected chi connectivity index (χ4v) is 2.03. The number of benzene rings is 1. The Hall–Kier alpha value is -1.45. The molecule has 1 fully saturated rings. The van der Waals surface area contributed by atoms with Crippen molar-refractivity contribution < 1.29 is 8.78 Å². The first-order chi connectivity index (χ1) is 7.68. The quantitative estimate of drug-likeness (QED) is 0.608. The van der Waals surface area contributed by atoms with Gasteiger partial charge in [-0.2, -0.15) is 0 Å². The Morgan fingerprint density at radius 2 is 1.94 bits per heavy atom. The Bertz CT molecular complexity index is 409. The van der Waals surface area contributed by atoms with Crippen LogP contribution in [0.1, 0.15) is 25.7 Å². The highest BCUT2D eigenvalue weighted by atomic mass is 19.2. The Balaban J connectivity index is 2.24. The molecule has 2 rings (SSSR count). The molecule has 0 radical (unpaired) electrons. The summed E-state index contributed by atoms with van der Waals surface area (Å²) >= 11 is 0. The third kappa shape index (κ3) is 2.21. The Morgan fingerprint density at radius 3 is 2.62 bits per heavy atom. The number of hydrogen-bond acceptors (Lipinski definition) is 1. The van der Waals surface area contributed by atoms with E-state index in [-0.39, 0.29) is 11.6 Å². The summed E-state index contributed by atoms with van der Waals surface area (Å²) in [5.74, 6) is -1.17. The van der Waals surface area contributed by atoms with E-state index < -0.39 is 11.6 Å². The molecular formula is C12H14F2N2. The highest BCUT2D eigenvalue weighted by Gasteiger charge is 2.19. The highest BCUT2D eigenvalue weighted by Crippen LogP contribution is 2.27. The lowest BCUT2D eigenvalue weighted by Crippen LogP contribution is -2.20. The van der Waals surface area contributed by atoms with Crippen LogP contribution in [-0.2, 0) is 0 Å². The van der Waals surface area contributed by atoms with Crippen molar-refractivity contribution in [2.75, 3.05) is 0 Å². The molecule has 0 aliphatic heterocycles. The first kappa shape index (κ1) is 11.0. The predicted molar refractivity (Wildman–Crippen MR) is 59.6 cm³/mol. The minimum absolute atomic E-state index is 0.00981. The molecule has 1 aliphatic carbocycles. The lowest BCUT2D eigenvalue weighted by atomic mass is 10.1. The molecule has 0 bridgehead atoms. The van der Waals surface area contributed by atoms with Gasteiger partial charge in [-0.3, -0.25) is 0 Å². The number of nitrogens with two attached hydrogens (primary N) is 1. The van der Waals surface area contributed by atoms with Gasteiger partial charge >= 0.3 is 0 Å². The molecule has 0 amide bonds. The Morgan fingerprint density at radius 1 is 1.25 bits per heavy atom. The van der Waals surface area contributed by atoms with Crippen LogP contribution in [0.3, 0.4) is 0 Å². The van der Waals surface area contributed by atoms with E-state index >= 15 is 0 Å². The van der Waals surface area contributed by atoms with Crippen molar-refractivity contribution in [3.05, 3.63) is 29.8 Å². The van der Waals surface area contributed by atoms with Crippen LogP contribution in [0.4, 0.5) is 14.5 Å². The average Bonchev–Trinajstić information content (AvgIpc) is 2.78. The molecule has 0 atom stereocenters. The van der Waals surface area contributed by atoms with Gasteiger partial charge in [-0.05, 0) is 25.0 Å². The van der Waals surface area contributed by atoms with Gasteiger partial charge in [0.2, 0.25) is 0 Å². The summed E-state index contributed by atoms with van der Waals surface area (Å²) in [6.45, 7) is 0. The van der Waals surface area contributed by atoms with Gasteiger partial charge in [-0.25, -0.2) is 13.8 Å². The predicted octanol–water partition coefficient (Wildman–Crippen LogP) is 3.14. The van der Waals surface area contributed by atoms with E-state index in [9.17, 15) is 8.78 Å². The van der Waals surface area contributed by atoms with Gasteiger partial charge in [0, 0.05) is 5.92 Å². The maximum absolute atomic E-state index is 13.3. The van der Waals surface area contributed by atoms with Crippen molar-refractivity contribution in [1.82, 2.24) is 0 Å². The standard InChI is InChI=1S/C12H14F2N2/c13-9-6-3-7-10(11(9)14)16-12(15)8-4-1-2-5-8/h3,6-8H,1-2,4-5H2,(H2,15,16). The molecule has 0 saturated heterocycles. The summed E-state index contributed by atoms with van der Waals surface area (Å²) in [6, 6.07) is 3.93. The minimum atomic E-state index is -0.927. The number of halogens is 2. The van der Waals surface area contributed by atoms with E-state index in [0.29, 0.717) is 5.84 Å². The van der Waals surface area contributed by atoms with E-state index in [1.807, 2.05) is 0 Å². The lowest BCUT2D eigenvalue weighted by Gasteiger charge is -2.08. The molecule has 1 aromatic carbocycles. The molecule has 1 saturated carbocycles. The number of nitrogens with zero attached hydrogens (tertiary/aromatic N) is 1. The molecule has 86 valence electrons.